The molecule has 3 nitrogen and oxygen atoms in total. The highest BCUT2D eigenvalue weighted by molar-refractivity contribution is 6.09. The van der Waals surface area contributed by atoms with Gasteiger partial charge in [-0.3, -0.25) is 0 Å². The second kappa shape index (κ2) is 9.58. The third-order valence-electron chi connectivity index (χ3n) is 7.83. The molecule has 2 heterocycles. The van der Waals surface area contributed by atoms with Gasteiger partial charge in [0.25, 0.3) is 0 Å². The lowest BCUT2D eigenvalue weighted by atomic mass is 10.0. The first-order chi connectivity index (χ1) is 20.3. The zero-order valence-corrected chi connectivity index (χ0v) is 22.3. The molecule has 41 heavy (non-hydrogen) atoms. The predicted octanol–water partition coefficient (Wildman–Crippen LogP) is 9.73. The fourth-order valence-electron chi connectivity index (χ4n) is 5.84. The van der Waals surface area contributed by atoms with Crippen molar-refractivity contribution in [1.29, 1.82) is 0 Å². The summed E-state index contributed by atoms with van der Waals surface area (Å²) in [5.74, 6) is 0.732. The van der Waals surface area contributed by atoms with Crippen molar-refractivity contribution < 1.29 is 0 Å². The highest BCUT2D eigenvalue weighted by Gasteiger charge is 2.13. The number of para-hydroxylation sites is 3. The summed E-state index contributed by atoms with van der Waals surface area (Å²) in [7, 11) is 0. The zero-order chi connectivity index (χ0) is 27.2. The molecular weight excluding hydrogens is 498 g/mol. The zero-order valence-electron chi connectivity index (χ0n) is 22.3. The van der Waals surface area contributed by atoms with E-state index in [4.69, 9.17) is 9.97 Å². The molecule has 0 saturated carbocycles. The second-order valence-electron chi connectivity index (χ2n) is 10.3. The summed E-state index contributed by atoms with van der Waals surface area (Å²) in [6.07, 6.45) is 0. The molecule has 192 valence electrons. The van der Waals surface area contributed by atoms with Gasteiger partial charge in [-0.05, 0) is 41.5 Å². The van der Waals surface area contributed by atoms with E-state index >= 15 is 0 Å². The molecule has 0 radical (unpaired) electrons. The lowest BCUT2D eigenvalue weighted by molar-refractivity contribution is 1.18. The molecule has 3 heteroatoms. The van der Waals surface area contributed by atoms with Gasteiger partial charge in [-0.25, -0.2) is 9.97 Å². The number of hydrogen-bond acceptors (Lipinski definition) is 2. The lowest BCUT2D eigenvalue weighted by Crippen LogP contribution is -1.95. The number of benzene rings is 6. The summed E-state index contributed by atoms with van der Waals surface area (Å²) in [5.41, 5.74) is 9.91. The van der Waals surface area contributed by atoms with Gasteiger partial charge < -0.3 is 4.57 Å². The minimum Gasteiger partial charge on any atom is -0.309 e. The van der Waals surface area contributed by atoms with E-state index in [9.17, 15) is 0 Å². The van der Waals surface area contributed by atoms with Gasteiger partial charge in [0.15, 0.2) is 5.82 Å². The average molecular weight is 524 g/mol. The number of hydrogen-bond donors (Lipinski definition) is 0. The molecule has 6 aromatic carbocycles. The van der Waals surface area contributed by atoms with Gasteiger partial charge in [0.1, 0.15) is 0 Å². The Hall–Kier alpha value is -5.54. The minimum atomic E-state index is 0.732. The molecule has 8 aromatic rings. The van der Waals surface area contributed by atoms with Gasteiger partial charge in [0, 0.05) is 33.0 Å². The molecule has 0 unspecified atom stereocenters. The summed E-state index contributed by atoms with van der Waals surface area (Å²) in [5, 5.41) is 3.60. The van der Waals surface area contributed by atoms with E-state index in [1.54, 1.807) is 0 Å². The lowest BCUT2D eigenvalue weighted by Gasteiger charge is -2.11. The van der Waals surface area contributed by atoms with Crippen LogP contribution in [0.25, 0.3) is 72.2 Å². The van der Waals surface area contributed by atoms with Crippen LogP contribution in [-0.4, -0.2) is 14.5 Å². The highest BCUT2D eigenvalue weighted by Crippen LogP contribution is 2.33. The van der Waals surface area contributed by atoms with E-state index in [-0.39, 0.29) is 0 Å². The number of aromatic nitrogens is 3. The van der Waals surface area contributed by atoms with E-state index in [0.29, 0.717) is 0 Å². The molecule has 0 saturated heterocycles. The van der Waals surface area contributed by atoms with Crippen molar-refractivity contribution in [2.45, 2.75) is 0 Å². The Kier molecular flexibility index (Phi) is 5.46. The molecular formula is C38H25N3. The third-order valence-corrected chi connectivity index (χ3v) is 7.83. The molecule has 8 rings (SSSR count). The topological polar surface area (TPSA) is 30.7 Å². The van der Waals surface area contributed by atoms with Crippen molar-refractivity contribution >= 4 is 32.7 Å². The van der Waals surface area contributed by atoms with E-state index in [0.717, 1.165) is 44.8 Å². The summed E-state index contributed by atoms with van der Waals surface area (Å²) >= 11 is 0. The first-order valence-corrected chi connectivity index (χ1v) is 13.9. The highest BCUT2D eigenvalue weighted by atomic mass is 15.0. The maximum absolute atomic E-state index is 5.02. The molecule has 0 N–H and O–H groups in total. The fourth-order valence-corrected chi connectivity index (χ4v) is 5.84. The van der Waals surface area contributed by atoms with Crippen LogP contribution in [0.4, 0.5) is 0 Å². The molecule has 0 atom stereocenters. The van der Waals surface area contributed by atoms with Crippen LogP contribution in [-0.2, 0) is 0 Å². The van der Waals surface area contributed by atoms with Crippen molar-refractivity contribution in [3.63, 3.8) is 0 Å². The molecule has 0 aliphatic carbocycles. The Morgan fingerprint density at radius 1 is 0.366 bits per heavy atom. The van der Waals surface area contributed by atoms with Crippen LogP contribution in [0.2, 0.25) is 0 Å². The van der Waals surface area contributed by atoms with Crippen LogP contribution >= 0.6 is 0 Å². The third kappa shape index (κ3) is 3.98. The summed E-state index contributed by atoms with van der Waals surface area (Å²) < 4.78 is 2.35. The van der Waals surface area contributed by atoms with Gasteiger partial charge >= 0.3 is 0 Å². The van der Waals surface area contributed by atoms with Gasteiger partial charge in [0.2, 0.25) is 0 Å². The standard InChI is InChI=1S/C38H25N3/c1-2-10-28(11-3-1)37-33-14-4-7-15-34(33)39-38(40-37)29-20-18-26(19-21-29)27-22-24-30(25-23-27)41-35-16-8-5-12-31(35)32-13-6-9-17-36(32)41/h1-25H. The Morgan fingerprint density at radius 3 is 1.54 bits per heavy atom. The van der Waals surface area contributed by atoms with Crippen molar-refractivity contribution in [3.05, 3.63) is 152 Å². The quantitative estimate of drug-likeness (QED) is 0.230. The summed E-state index contributed by atoms with van der Waals surface area (Å²) in [6.45, 7) is 0. The Bertz CT molecular complexity index is 2120. The Balaban J connectivity index is 1.15. The van der Waals surface area contributed by atoms with Crippen molar-refractivity contribution in [3.8, 4) is 39.5 Å². The maximum Gasteiger partial charge on any atom is 0.160 e. The van der Waals surface area contributed by atoms with Gasteiger partial charge in [-0.15, -0.1) is 0 Å². The van der Waals surface area contributed by atoms with Crippen molar-refractivity contribution in [2.24, 2.45) is 0 Å². The number of nitrogens with zero attached hydrogens (tertiary/aromatic N) is 3. The Labute approximate surface area is 238 Å². The molecule has 0 amide bonds. The van der Waals surface area contributed by atoms with E-state index < -0.39 is 0 Å². The molecule has 0 spiro atoms. The van der Waals surface area contributed by atoms with Gasteiger partial charge in [-0.1, -0.05) is 121 Å². The fraction of sp³-hybridized carbons (Fsp3) is 0. The summed E-state index contributed by atoms with van der Waals surface area (Å²) in [4.78, 5) is 9.93. The number of rotatable bonds is 4. The Morgan fingerprint density at radius 2 is 0.878 bits per heavy atom. The normalized spacial score (nSPS) is 11.4. The van der Waals surface area contributed by atoms with Crippen molar-refractivity contribution in [1.82, 2.24) is 14.5 Å². The second-order valence-corrected chi connectivity index (χ2v) is 10.3. The van der Waals surface area contributed by atoms with Crippen molar-refractivity contribution in [2.75, 3.05) is 0 Å². The molecule has 0 aliphatic rings. The van der Waals surface area contributed by atoms with Crippen LogP contribution in [0.1, 0.15) is 0 Å². The van der Waals surface area contributed by atoms with Crippen LogP contribution in [0.15, 0.2) is 152 Å². The monoisotopic (exact) mass is 523 g/mol. The van der Waals surface area contributed by atoms with Crippen LogP contribution in [0.3, 0.4) is 0 Å². The molecule has 0 bridgehead atoms. The first kappa shape index (κ1) is 23.4. The van der Waals surface area contributed by atoms with Gasteiger partial charge in [-0.2, -0.15) is 0 Å². The van der Waals surface area contributed by atoms with E-state index in [1.165, 1.54) is 27.4 Å². The smallest absolute Gasteiger partial charge is 0.160 e. The number of fused-ring (bicyclic) bond motifs is 4. The summed E-state index contributed by atoms with van der Waals surface area (Å²) in [6, 6.07) is 53.1. The predicted molar refractivity (Wildman–Crippen MR) is 170 cm³/mol. The van der Waals surface area contributed by atoms with Crippen LogP contribution < -0.4 is 0 Å². The minimum absolute atomic E-state index is 0.732. The van der Waals surface area contributed by atoms with Crippen LogP contribution in [0, 0.1) is 0 Å². The average Bonchev–Trinajstić information content (AvgIpc) is 3.39. The van der Waals surface area contributed by atoms with Gasteiger partial charge in [0.05, 0.1) is 22.2 Å². The largest absolute Gasteiger partial charge is 0.309 e. The first-order valence-electron chi connectivity index (χ1n) is 13.9. The SMILES string of the molecule is c1ccc(-c2nc(-c3ccc(-c4ccc(-n5c6ccccc6c6ccccc65)cc4)cc3)nc3ccccc23)cc1. The maximum atomic E-state index is 5.02. The van der Waals surface area contributed by atoms with E-state index in [2.05, 4.69) is 126 Å². The van der Waals surface area contributed by atoms with E-state index in [1.807, 2.05) is 30.3 Å². The molecule has 0 aliphatic heterocycles. The molecule has 2 aromatic heterocycles. The molecule has 0 fully saturated rings. The van der Waals surface area contributed by atoms with Crippen LogP contribution in [0.5, 0.6) is 0 Å².